The zero-order valence-corrected chi connectivity index (χ0v) is 15.9. The predicted molar refractivity (Wildman–Crippen MR) is 105 cm³/mol. The van der Waals surface area contributed by atoms with Gasteiger partial charge in [0.2, 0.25) is 0 Å². The molecule has 0 bridgehead atoms. The molecule has 0 saturated heterocycles. The third kappa shape index (κ3) is 3.80. The van der Waals surface area contributed by atoms with Gasteiger partial charge >= 0.3 is 0 Å². The lowest BCUT2D eigenvalue weighted by Crippen LogP contribution is -2.23. The number of aryl methyl sites for hydroxylation is 1. The van der Waals surface area contributed by atoms with E-state index in [9.17, 15) is 8.42 Å². The molecule has 0 aromatic heterocycles. The van der Waals surface area contributed by atoms with Crippen LogP contribution in [0, 0.1) is 6.92 Å². The number of benzene rings is 2. The van der Waals surface area contributed by atoms with Crippen molar-refractivity contribution in [3.63, 3.8) is 0 Å². The third-order valence-electron chi connectivity index (χ3n) is 4.16. The van der Waals surface area contributed by atoms with E-state index in [0.717, 1.165) is 16.9 Å². The molecule has 2 aromatic rings. The van der Waals surface area contributed by atoms with Crippen LogP contribution in [0.3, 0.4) is 0 Å². The first kappa shape index (κ1) is 18.2. The molecule has 26 heavy (non-hydrogen) atoms. The van der Waals surface area contributed by atoms with Crippen LogP contribution >= 0.6 is 0 Å². The second-order valence-electron chi connectivity index (χ2n) is 6.17. The average molecular weight is 370 g/mol. The highest BCUT2D eigenvalue weighted by Crippen LogP contribution is 2.30. The Morgan fingerprint density at radius 2 is 1.65 bits per heavy atom. The maximum atomic E-state index is 12.5. The van der Waals surface area contributed by atoms with Crippen LogP contribution in [-0.4, -0.2) is 20.9 Å². The molecule has 0 fully saturated rings. The zero-order valence-electron chi connectivity index (χ0n) is 15.1. The SMILES string of the molecule is CCOc1ccc(CN=C2NS(=O)(=O)C(c3ccc(C)cc3)=C2C)cc1. The van der Waals surface area contributed by atoms with Crippen LogP contribution in [0.15, 0.2) is 59.1 Å². The van der Waals surface area contributed by atoms with Crippen molar-refractivity contribution < 1.29 is 13.2 Å². The van der Waals surface area contributed by atoms with Crippen molar-refractivity contribution in [3.8, 4) is 5.75 Å². The van der Waals surface area contributed by atoms with Gasteiger partial charge in [0.1, 0.15) is 16.5 Å². The molecule has 0 spiro atoms. The summed E-state index contributed by atoms with van der Waals surface area (Å²) < 4.78 is 33.0. The lowest BCUT2D eigenvalue weighted by atomic mass is 10.1. The first-order valence-electron chi connectivity index (χ1n) is 8.48. The van der Waals surface area contributed by atoms with Crippen LogP contribution in [0.1, 0.15) is 30.5 Å². The van der Waals surface area contributed by atoms with E-state index in [2.05, 4.69) is 9.71 Å². The molecule has 1 aliphatic heterocycles. The molecule has 136 valence electrons. The predicted octanol–water partition coefficient (Wildman–Crippen LogP) is 3.66. The Kier molecular flexibility index (Phi) is 5.13. The second-order valence-corrected chi connectivity index (χ2v) is 7.79. The van der Waals surface area contributed by atoms with Gasteiger partial charge in [-0.05, 0) is 44.0 Å². The van der Waals surface area contributed by atoms with Crippen LogP contribution < -0.4 is 9.46 Å². The van der Waals surface area contributed by atoms with Gasteiger partial charge in [-0.1, -0.05) is 42.0 Å². The Hall–Kier alpha value is -2.60. The zero-order chi connectivity index (χ0) is 18.7. The summed E-state index contributed by atoms with van der Waals surface area (Å²) in [5, 5.41) is 0. The number of ether oxygens (including phenoxy) is 1. The quantitative estimate of drug-likeness (QED) is 0.873. The topological polar surface area (TPSA) is 67.8 Å². The van der Waals surface area contributed by atoms with E-state index >= 15 is 0 Å². The van der Waals surface area contributed by atoms with Crippen molar-refractivity contribution in [2.75, 3.05) is 6.61 Å². The fourth-order valence-corrected chi connectivity index (χ4v) is 4.34. The number of nitrogens with zero attached hydrogens (tertiary/aromatic N) is 1. The minimum atomic E-state index is -3.59. The molecule has 1 N–H and O–H groups in total. The molecule has 2 aromatic carbocycles. The Bertz CT molecular complexity index is 957. The molecule has 0 aliphatic carbocycles. The van der Waals surface area contributed by atoms with Crippen molar-refractivity contribution in [2.24, 2.45) is 4.99 Å². The summed E-state index contributed by atoms with van der Waals surface area (Å²) in [6.07, 6.45) is 0. The maximum absolute atomic E-state index is 12.5. The first-order chi connectivity index (χ1) is 12.4. The third-order valence-corrected chi connectivity index (χ3v) is 5.70. The van der Waals surface area contributed by atoms with Crippen molar-refractivity contribution in [2.45, 2.75) is 27.3 Å². The molecule has 0 amide bonds. The molecule has 3 rings (SSSR count). The maximum Gasteiger partial charge on any atom is 0.264 e. The summed E-state index contributed by atoms with van der Waals surface area (Å²) in [6, 6.07) is 15.1. The number of amidine groups is 1. The van der Waals surface area contributed by atoms with E-state index in [4.69, 9.17) is 4.74 Å². The summed E-state index contributed by atoms with van der Waals surface area (Å²) >= 11 is 0. The first-order valence-corrected chi connectivity index (χ1v) is 9.96. The highest BCUT2D eigenvalue weighted by atomic mass is 32.2. The molecule has 0 saturated carbocycles. The number of aliphatic imine (C=N–C) groups is 1. The van der Waals surface area contributed by atoms with Crippen LogP contribution in [-0.2, 0) is 16.6 Å². The molecule has 0 radical (unpaired) electrons. The normalized spacial score (nSPS) is 17.4. The second kappa shape index (κ2) is 7.33. The largest absolute Gasteiger partial charge is 0.494 e. The van der Waals surface area contributed by atoms with E-state index in [-0.39, 0.29) is 0 Å². The molecule has 0 unspecified atom stereocenters. The van der Waals surface area contributed by atoms with Gasteiger partial charge in [0.05, 0.1) is 13.2 Å². The molecule has 5 nitrogen and oxygen atoms in total. The summed E-state index contributed by atoms with van der Waals surface area (Å²) in [4.78, 5) is 4.76. The van der Waals surface area contributed by atoms with Crippen LogP contribution in [0.25, 0.3) is 4.91 Å². The molecule has 6 heteroatoms. The molecular formula is C20H22N2O3S. The monoisotopic (exact) mass is 370 g/mol. The standard InChI is InChI=1S/C20H22N2O3S/c1-4-25-18-11-7-16(8-12-18)13-21-20-15(3)19(26(23,24)22-20)17-9-5-14(2)6-10-17/h5-12H,4,13H2,1-3H3,(H,21,22). The molecular weight excluding hydrogens is 348 g/mol. The molecule has 1 heterocycles. The van der Waals surface area contributed by atoms with Gasteiger partial charge < -0.3 is 4.74 Å². The highest BCUT2D eigenvalue weighted by Gasteiger charge is 2.32. The lowest BCUT2D eigenvalue weighted by Gasteiger charge is -2.04. The Morgan fingerprint density at radius 3 is 2.27 bits per heavy atom. The van der Waals surface area contributed by atoms with E-state index in [0.29, 0.717) is 35.0 Å². The Balaban J connectivity index is 1.86. The van der Waals surface area contributed by atoms with Gasteiger partial charge in [-0.25, -0.2) is 8.42 Å². The van der Waals surface area contributed by atoms with Crippen molar-refractivity contribution in [3.05, 3.63) is 70.8 Å². The van der Waals surface area contributed by atoms with Gasteiger partial charge in [-0.3, -0.25) is 9.71 Å². The Morgan fingerprint density at radius 1 is 1.00 bits per heavy atom. The molecule has 0 atom stereocenters. The van der Waals surface area contributed by atoms with Crippen molar-refractivity contribution in [1.29, 1.82) is 0 Å². The number of hydrogen-bond acceptors (Lipinski definition) is 4. The summed E-state index contributed by atoms with van der Waals surface area (Å²) in [5.41, 5.74) is 3.38. The highest BCUT2D eigenvalue weighted by molar-refractivity contribution is 8.00. The van der Waals surface area contributed by atoms with Crippen LogP contribution in [0.5, 0.6) is 5.75 Å². The van der Waals surface area contributed by atoms with Gasteiger partial charge in [-0.2, -0.15) is 0 Å². The fraction of sp³-hybridized carbons (Fsp3) is 0.250. The van der Waals surface area contributed by atoms with E-state index in [1.807, 2.05) is 62.4 Å². The minimum Gasteiger partial charge on any atom is -0.494 e. The number of nitrogens with one attached hydrogen (secondary N) is 1. The van der Waals surface area contributed by atoms with E-state index < -0.39 is 10.0 Å². The Labute approximate surface area is 154 Å². The summed E-state index contributed by atoms with van der Waals surface area (Å²) in [5.74, 6) is 1.21. The summed E-state index contributed by atoms with van der Waals surface area (Å²) in [7, 11) is -3.59. The van der Waals surface area contributed by atoms with Crippen LogP contribution in [0.2, 0.25) is 0 Å². The number of sulfonamides is 1. The summed E-state index contributed by atoms with van der Waals surface area (Å²) in [6.45, 7) is 6.70. The van der Waals surface area contributed by atoms with Crippen molar-refractivity contribution in [1.82, 2.24) is 4.72 Å². The van der Waals surface area contributed by atoms with Gasteiger partial charge in [0.15, 0.2) is 0 Å². The number of hydrogen-bond donors (Lipinski definition) is 1. The van der Waals surface area contributed by atoms with Crippen molar-refractivity contribution >= 4 is 20.8 Å². The fourth-order valence-electron chi connectivity index (χ4n) is 2.82. The number of rotatable bonds is 5. The van der Waals surface area contributed by atoms with Gasteiger partial charge in [0.25, 0.3) is 10.0 Å². The van der Waals surface area contributed by atoms with Crippen LogP contribution in [0.4, 0.5) is 0 Å². The smallest absolute Gasteiger partial charge is 0.264 e. The lowest BCUT2D eigenvalue weighted by molar-refractivity contribution is 0.340. The van der Waals surface area contributed by atoms with E-state index in [1.165, 1.54) is 0 Å². The van der Waals surface area contributed by atoms with E-state index in [1.54, 1.807) is 6.92 Å². The molecule has 1 aliphatic rings. The van der Waals surface area contributed by atoms with Gasteiger partial charge in [0, 0.05) is 5.57 Å². The van der Waals surface area contributed by atoms with Gasteiger partial charge in [-0.15, -0.1) is 0 Å². The minimum absolute atomic E-state index is 0.294. The average Bonchev–Trinajstić information content (AvgIpc) is 2.84.